The number of nitrogens with zero attached hydrogens (tertiary/aromatic N) is 2. The number of hydrogen-bond donors (Lipinski definition) is 2. The second-order valence-electron chi connectivity index (χ2n) is 8.19. The van der Waals surface area contributed by atoms with Crippen molar-refractivity contribution < 1.29 is 9.53 Å². The van der Waals surface area contributed by atoms with E-state index >= 15 is 0 Å². The Morgan fingerprint density at radius 2 is 1.97 bits per heavy atom. The number of ether oxygens (including phenoxy) is 1. The van der Waals surface area contributed by atoms with Gasteiger partial charge in [-0.3, -0.25) is 24.0 Å². The second kappa shape index (κ2) is 9.85. The predicted octanol–water partition coefficient (Wildman–Crippen LogP) is 2.89. The average Bonchev–Trinajstić information content (AvgIpc) is 3.26. The van der Waals surface area contributed by atoms with Crippen molar-refractivity contribution >= 4 is 17.4 Å². The van der Waals surface area contributed by atoms with E-state index in [-0.39, 0.29) is 30.1 Å². The van der Waals surface area contributed by atoms with Crippen LogP contribution in [0.4, 0.5) is 11.5 Å². The number of unbranched alkanes of at least 4 members (excludes halogenated alkanes) is 1. The van der Waals surface area contributed by atoms with Crippen LogP contribution in [0.1, 0.15) is 56.6 Å². The van der Waals surface area contributed by atoms with Crippen LogP contribution in [0.5, 0.6) is 5.75 Å². The number of H-pyrrole nitrogens is 1. The number of aromatic amines is 1. The Kier molecular flexibility index (Phi) is 7.20. The Bertz CT molecular complexity index is 1050. The number of hydrogen-bond acceptors (Lipinski definition) is 5. The van der Waals surface area contributed by atoms with Crippen LogP contribution in [-0.2, 0) is 11.3 Å². The number of nitrogens with one attached hydrogen (secondary N) is 1. The molecule has 8 heteroatoms. The molecule has 1 aromatic heterocycles. The van der Waals surface area contributed by atoms with Crippen molar-refractivity contribution in [2.45, 2.75) is 71.9 Å². The van der Waals surface area contributed by atoms with Gasteiger partial charge in [0.2, 0.25) is 0 Å². The number of anilines is 2. The van der Waals surface area contributed by atoms with Gasteiger partial charge in [-0.1, -0.05) is 38.3 Å². The zero-order valence-corrected chi connectivity index (χ0v) is 18.6. The van der Waals surface area contributed by atoms with E-state index in [0.717, 1.165) is 49.7 Å². The zero-order chi connectivity index (χ0) is 22.5. The molecule has 31 heavy (non-hydrogen) atoms. The SMILES string of the molecule is CCCCn1c(N)c(N(C(=O)COc2cccc(C)c2C)C2CCCC2)c(=O)[nH]c1=O. The highest BCUT2D eigenvalue weighted by Crippen LogP contribution is 2.30. The second-order valence-corrected chi connectivity index (χ2v) is 8.19. The largest absolute Gasteiger partial charge is 0.483 e. The maximum Gasteiger partial charge on any atom is 0.330 e. The van der Waals surface area contributed by atoms with Gasteiger partial charge in [0.1, 0.15) is 11.6 Å². The van der Waals surface area contributed by atoms with Crippen molar-refractivity contribution in [1.29, 1.82) is 0 Å². The maximum absolute atomic E-state index is 13.3. The lowest BCUT2D eigenvalue weighted by atomic mass is 10.1. The first kappa shape index (κ1) is 22.7. The highest BCUT2D eigenvalue weighted by molar-refractivity contribution is 5.97. The van der Waals surface area contributed by atoms with E-state index in [0.29, 0.717) is 12.3 Å². The Labute approximate surface area is 182 Å². The standard InChI is InChI=1S/C23H32N4O4/c1-4-5-13-26-21(24)20(22(29)25-23(26)30)27(17-10-6-7-11-17)19(28)14-31-18-12-8-9-15(2)16(18)3/h8-9,12,17H,4-7,10-11,13-14,24H2,1-3H3,(H,25,29,30). The van der Waals surface area contributed by atoms with E-state index in [1.54, 1.807) is 0 Å². The summed E-state index contributed by atoms with van der Waals surface area (Å²) >= 11 is 0. The smallest absolute Gasteiger partial charge is 0.330 e. The number of nitrogen functional groups attached to an aromatic ring is 1. The van der Waals surface area contributed by atoms with Gasteiger partial charge in [0.05, 0.1) is 0 Å². The Balaban J connectivity index is 1.96. The number of carbonyl (C=O) groups excluding carboxylic acids is 1. The van der Waals surface area contributed by atoms with Crippen LogP contribution in [0.15, 0.2) is 27.8 Å². The van der Waals surface area contributed by atoms with Gasteiger partial charge in [0.25, 0.3) is 11.5 Å². The Morgan fingerprint density at radius 1 is 1.26 bits per heavy atom. The molecule has 0 spiro atoms. The molecule has 0 bridgehead atoms. The third-order valence-electron chi connectivity index (χ3n) is 6.05. The first-order valence-corrected chi connectivity index (χ1v) is 11.0. The van der Waals surface area contributed by atoms with Crippen molar-refractivity contribution in [2.75, 3.05) is 17.2 Å². The molecule has 1 fully saturated rings. The molecule has 1 aromatic carbocycles. The fourth-order valence-electron chi connectivity index (χ4n) is 4.11. The first-order valence-electron chi connectivity index (χ1n) is 11.0. The fraction of sp³-hybridized carbons (Fsp3) is 0.522. The minimum Gasteiger partial charge on any atom is -0.483 e. The molecular formula is C23H32N4O4. The maximum atomic E-state index is 13.3. The first-order chi connectivity index (χ1) is 14.8. The molecular weight excluding hydrogens is 396 g/mol. The molecule has 1 aliphatic carbocycles. The quantitative estimate of drug-likeness (QED) is 0.672. The Hall–Kier alpha value is -3.03. The van der Waals surface area contributed by atoms with Gasteiger partial charge in [0, 0.05) is 12.6 Å². The summed E-state index contributed by atoms with van der Waals surface area (Å²) in [5, 5.41) is 0. The highest BCUT2D eigenvalue weighted by Gasteiger charge is 2.32. The van der Waals surface area contributed by atoms with Gasteiger partial charge < -0.3 is 10.5 Å². The topological polar surface area (TPSA) is 110 Å². The molecule has 3 N–H and O–H groups in total. The lowest BCUT2D eigenvalue weighted by molar-refractivity contribution is -0.121. The van der Waals surface area contributed by atoms with Crippen LogP contribution in [0.2, 0.25) is 0 Å². The van der Waals surface area contributed by atoms with Crippen LogP contribution in [-0.4, -0.2) is 28.1 Å². The molecule has 0 atom stereocenters. The molecule has 0 saturated heterocycles. The number of aryl methyl sites for hydroxylation is 1. The Morgan fingerprint density at radius 3 is 2.65 bits per heavy atom. The molecule has 168 valence electrons. The molecule has 0 aliphatic heterocycles. The third-order valence-corrected chi connectivity index (χ3v) is 6.05. The minimum absolute atomic E-state index is 0.0363. The van der Waals surface area contributed by atoms with Crippen LogP contribution in [0, 0.1) is 13.8 Å². The van der Waals surface area contributed by atoms with Crippen molar-refractivity contribution in [3.05, 3.63) is 50.2 Å². The molecule has 0 unspecified atom stereocenters. The third kappa shape index (κ3) is 4.84. The zero-order valence-electron chi connectivity index (χ0n) is 18.6. The minimum atomic E-state index is -0.637. The van der Waals surface area contributed by atoms with Gasteiger partial charge >= 0.3 is 5.69 Å². The number of aromatic nitrogens is 2. The molecule has 1 saturated carbocycles. The summed E-state index contributed by atoms with van der Waals surface area (Å²) in [7, 11) is 0. The summed E-state index contributed by atoms with van der Waals surface area (Å²) in [4.78, 5) is 42.2. The van der Waals surface area contributed by atoms with Gasteiger partial charge in [-0.2, -0.15) is 0 Å². The summed E-state index contributed by atoms with van der Waals surface area (Å²) < 4.78 is 7.18. The number of benzene rings is 1. The lowest BCUT2D eigenvalue weighted by Crippen LogP contribution is -2.47. The van der Waals surface area contributed by atoms with Crippen LogP contribution in [0.25, 0.3) is 0 Å². The summed E-state index contributed by atoms with van der Waals surface area (Å²) in [6.45, 7) is 6.10. The monoisotopic (exact) mass is 428 g/mol. The molecule has 3 rings (SSSR count). The fourth-order valence-corrected chi connectivity index (χ4v) is 4.11. The van der Waals surface area contributed by atoms with E-state index in [9.17, 15) is 14.4 Å². The van der Waals surface area contributed by atoms with Gasteiger partial charge in [-0.25, -0.2) is 4.79 Å². The van der Waals surface area contributed by atoms with Crippen molar-refractivity contribution in [3.8, 4) is 5.75 Å². The van der Waals surface area contributed by atoms with E-state index in [1.165, 1.54) is 9.47 Å². The number of rotatable bonds is 8. The summed E-state index contributed by atoms with van der Waals surface area (Å²) in [6, 6.07) is 5.54. The summed E-state index contributed by atoms with van der Waals surface area (Å²) in [5.74, 6) is 0.328. The van der Waals surface area contributed by atoms with Gasteiger partial charge in [-0.05, 0) is 50.3 Å². The normalized spacial score (nSPS) is 14.0. The average molecular weight is 429 g/mol. The van der Waals surface area contributed by atoms with Crippen LogP contribution < -0.4 is 26.6 Å². The van der Waals surface area contributed by atoms with E-state index in [4.69, 9.17) is 10.5 Å². The molecule has 2 aromatic rings. The van der Waals surface area contributed by atoms with Gasteiger partial charge in [-0.15, -0.1) is 0 Å². The highest BCUT2D eigenvalue weighted by atomic mass is 16.5. The molecule has 1 aliphatic rings. The molecule has 1 heterocycles. The lowest BCUT2D eigenvalue weighted by Gasteiger charge is -2.30. The summed E-state index contributed by atoms with van der Waals surface area (Å²) in [6.07, 6.45) is 5.11. The van der Waals surface area contributed by atoms with Gasteiger partial charge in [0.15, 0.2) is 12.3 Å². The molecule has 1 amide bonds. The van der Waals surface area contributed by atoms with Crippen molar-refractivity contribution in [3.63, 3.8) is 0 Å². The van der Waals surface area contributed by atoms with Crippen LogP contribution in [0.3, 0.4) is 0 Å². The van der Waals surface area contributed by atoms with Crippen LogP contribution >= 0.6 is 0 Å². The molecule has 8 nitrogen and oxygen atoms in total. The van der Waals surface area contributed by atoms with Crippen molar-refractivity contribution in [2.24, 2.45) is 0 Å². The number of amides is 1. The summed E-state index contributed by atoms with van der Waals surface area (Å²) in [5.41, 5.74) is 7.19. The van der Waals surface area contributed by atoms with E-state index in [2.05, 4.69) is 4.98 Å². The van der Waals surface area contributed by atoms with Crippen molar-refractivity contribution in [1.82, 2.24) is 9.55 Å². The molecule has 0 radical (unpaired) electrons. The number of nitrogens with two attached hydrogens (primary N) is 1. The number of carbonyl (C=O) groups is 1. The van der Waals surface area contributed by atoms with E-state index < -0.39 is 11.2 Å². The predicted molar refractivity (Wildman–Crippen MR) is 122 cm³/mol. The van der Waals surface area contributed by atoms with E-state index in [1.807, 2.05) is 39.0 Å².